The minimum absolute atomic E-state index is 0.144. The van der Waals surface area contributed by atoms with Crippen LogP contribution in [0.25, 0.3) is 0 Å². The van der Waals surface area contributed by atoms with Gasteiger partial charge in [-0.05, 0) is 6.92 Å². The molecule has 0 amide bonds. The average molecular weight is 71.1 g/mol. The van der Waals surface area contributed by atoms with E-state index in [1.807, 2.05) is 0 Å². The van der Waals surface area contributed by atoms with Crippen LogP contribution >= 0.6 is 0 Å². The maximum absolute atomic E-state index is 9.75. The molecule has 0 spiro atoms. The van der Waals surface area contributed by atoms with Crippen molar-refractivity contribution in [3.8, 4) is 0 Å². The smallest absolute Gasteiger partial charge is 0.173 e. The largest absolute Gasteiger partial charge is 0.295 e. The van der Waals surface area contributed by atoms with Gasteiger partial charge in [-0.2, -0.15) is 0 Å². The summed E-state index contributed by atoms with van der Waals surface area (Å²) in [5, 5.41) is 0. The molecule has 0 aliphatic carbocycles. The van der Waals surface area contributed by atoms with Gasteiger partial charge in [0.1, 0.15) is 6.42 Å². The van der Waals surface area contributed by atoms with Gasteiger partial charge >= 0.3 is 0 Å². The van der Waals surface area contributed by atoms with Crippen molar-refractivity contribution < 1.29 is 4.79 Å². The summed E-state index contributed by atoms with van der Waals surface area (Å²) in [7, 11) is 0. The van der Waals surface area contributed by atoms with Crippen LogP contribution in [0.2, 0.25) is 0 Å². The number of carbonyl (C=O) groups excluding carboxylic acids is 1. The summed E-state index contributed by atoms with van der Waals surface area (Å²) in [6.07, 6.45) is 0.417. The van der Waals surface area contributed by atoms with Gasteiger partial charge in [0.15, 0.2) is 5.78 Å². The fraction of sp³-hybridized carbons (Fsp3) is 0.500. The zero-order valence-electron chi connectivity index (χ0n) is 3.32. The van der Waals surface area contributed by atoms with E-state index in [2.05, 4.69) is 6.92 Å². The molecular formula is C4H7O+. The fourth-order valence-electron chi connectivity index (χ4n) is 0. The van der Waals surface area contributed by atoms with Crippen molar-refractivity contribution in [3.05, 3.63) is 6.92 Å². The second kappa shape index (κ2) is 1.82. The van der Waals surface area contributed by atoms with Crippen molar-refractivity contribution in [2.45, 2.75) is 13.3 Å². The first kappa shape index (κ1) is 4.54. The maximum atomic E-state index is 9.75. The van der Waals surface area contributed by atoms with Crippen LogP contribution < -0.4 is 0 Å². The molecule has 0 unspecified atom stereocenters. The highest BCUT2D eigenvalue weighted by molar-refractivity contribution is 5.75. The first-order valence-electron chi connectivity index (χ1n) is 1.56. The van der Waals surface area contributed by atoms with Gasteiger partial charge in [-0.1, -0.05) is 0 Å². The molecule has 0 N–H and O–H groups in total. The van der Waals surface area contributed by atoms with Gasteiger partial charge in [0.05, 0.1) is 6.92 Å². The average Bonchev–Trinajstić information content (AvgIpc) is 1.38. The van der Waals surface area contributed by atoms with Crippen LogP contribution in [-0.2, 0) is 4.79 Å². The van der Waals surface area contributed by atoms with Gasteiger partial charge in [0.25, 0.3) is 0 Å². The van der Waals surface area contributed by atoms with E-state index in [9.17, 15) is 4.79 Å². The monoisotopic (exact) mass is 71.0 g/mol. The molecule has 0 radical (unpaired) electrons. The third kappa shape index (κ3) is 3.54. The summed E-state index contributed by atoms with van der Waals surface area (Å²) in [5.41, 5.74) is 0. The van der Waals surface area contributed by atoms with Gasteiger partial charge in [0, 0.05) is 0 Å². The Morgan fingerprint density at radius 2 is 2.20 bits per heavy atom. The van der Waals surface area contributed by atoms with E-state index in [0.29, 0.717) is 6.42 Å². The van der Waals surface area contributed by atoms with Crippen molar-refractivity contribution in [3.63, 3.8) is 0 Å². The van der Waals surface area contributed by atoms with Gasteiger partial charge in [-0.15, -0.1) is 0 Å². The van der Waals surface area contributed by atoms with Crippen LogP contribution in [-0.4, -0.2) is 5.78 Å². The molecule has 0 bridgehead atoms. The van der Waals surface area contributed by atoms with E-state index in [-0.39, 0.29) is 5.78 Å². The number of carbonyl (C=O) groups is 1. The highest BCUT2D eigenvalue weighted by Crippen LogP contribution is 1.70. The second-order valence-electron chi connectivity index (χ2n) is 0.952. The van der Waals surface area contributed by atoms with E-state index in [1.54, 1.807) is 0 Å². The van der Waals surface area contributed by atoms with Gasteiger partial charge in [0.2, 0.25) is 0 Å². The van der Waals surface area contributed by atoms with Crippen molar-refractivity contribution in [2.24, 2.45) is 0 Å². The van der Waals surface area contributed by atoms with Gasteiger partial charge < -0.3 is 0 Å². The lowest BCUT2D eigenvalue weighted by atomic mass is 10.4. The van der Waals surface area contributed by atoms with Gasteiger partial charge in [-0.3, -0.25) is 4.79 Å². The standard InChI is InChI=1S/C4H7O/c1-3-4(2)5/h1,3H2,2H3/q+1. The zero-order valence-corrected chi connectivity index (χ0v) is 3.32. The SMILES string of the molecule is [CH2+]CC(C)=O. The highest BCUT2D eigenvalue weighted by atomic mass is 16.1. The predicted octanol–water partition coefficient (Wildman–Crippen LogP) is 0.800. The van der Waals surface area contributed by atoms with E-state index in [1.165, 1.54) is 6.92 Å². The number of hydrogen-bond donors (Lipinski definition) is 0. The number of Topliss-reactive ketones (excluding diaryl/α,β-unsaturated/α-hetero) is 1. The lowest BCUT2D eigenvalue weighted by molar-refractivity contribution is -0.116. The quantitative estimate of drug-likeness (QED) is 0.418. The van der Waals surface area contributed by atoms with E-state index >= 15 is 0 Å². The highest BCUT2D eigenvalue weighted by Gasteiger charge is 1.84. The molecule has 0 atom stereocenters. The lowest BCUT2D eigenvalue weighted by Crippen LogP contribution is -1.80. The summed E-state index contributed by atoms with van der Waals surface area (Å²) in [5.74, 6) is 0.144. The topological polar surface area (TPSA) is 17.1 Å². The first-order chi connectivity index (χ1) is 2.27. The molecule has 28 valence electrons. The fourth-order valence-corrected chi connectivity index (χ4v) is 0. The molecule has 0 rings (SSSR count). The molecule has 0 fully saturated rings. The molecule has 0 aromatic rings. The number of ketones is 1. The van der Waals surface area contributed by atoms with Crippen LogP contribution in [0.4, 0.5) is 0 Å². The summed E-state index contributed by atoms with van der Waals surface area (Å²) >= 11 is 0. The third-order valence-corrected chi connectivity index (χ3v) is 0.352. The molecule has 0 aliphatic heterocycles. The van der Waals surface area contributed by atoms with Crippen LogP contribution in [0.1, 0.15) is 13.3 Å². The summed E-state index contributed by atoms with van der Waals surface area (Å²) in [6.45, 7) is 4.86. The van der Waals surface area contributed by atoms with Crippen molar-refractivity contribution in [1.82, 2.24) is 0 Å². The van der Waals surface area contributed by atoms with Gasteiger partial charge in [-0.25, -0.2) is 0 Å². The Labute approximate surface area is 32.0 Å². The molecular weight excluding hydrogens is 64.0 g/mol. The minimum Gasteiger partial charge on any atom is -0.295 e. The molecule has 1 nitrogen and oxygen atoms in total. The number of hydrogen-bond acceptors (Lipinski definition) is 1. The Balaban J connectivity index is 2.85. The summed E-state index contributed by atoms with van der Waals surface area (Å²) in [4.78, 5) is 9.75. The molecule has 0 heterocycles. The van der Waals surface area contributed by atoms with E-state index < -0.39 is 0 Å². The van der Waals surface area contributed by atoms with Crippen LogP contribution in [0.3, 0.4) is 0 Å². The van der Waals surface area contributed by atoms with Crippen LogP contribution in [0, 0.1) is 6.92 Å². The molecule has 0 aliphatic rings. The molecule has 0 saturated heterocycles. The Morgan fingerprint density at radius 3 is 2.20 bits per heavy atom. The van der Waals surface area contributed by atoms with Crippen molar-refractivity contribution >= 4 is 5.78 Å². The summed E-state index contributed by atoms with van der Waals surface area (Å²) < 4.78 is 0. The van der Waals surface area contributed by atoms with Crippen molar-refractivity contribution in [1.29, 1.82) is 0 Å². The zero-order chi connectivity index (χ0) is 4.28. The summed E-state index contributed by atoms with van der Waals surface area (Å²) in [6, 6.07) is 0. The third-order valence-electron chi connectivity index (χ3n) is 0.352. The van der Waals surface area contributed by atoms with Crippen molar-refractivity contribution in [2.75, 3.05) is 0 Å². The molecule has 1 heteroatoms. The second-order valence-corrected chi connectivity index (χ2v) is 0.952. The van der Waals surface area contributed by atoms with Crippen LogP contribution in [0.5, 0.6) is 0 Å². The van der Waals surface area contributed by atoms with Crippen LogP contribution in [0.15, 0.2) is 0 Å². The van der Waals surface area contributed by atoms with E-state index in [4.69, 9.17) is 0 Å². The molecule has 0 aromatic heterocycles. The Hall–Kier alpha value is -0.460. The Bertz CT molecular complexity index is 38.9. The lowest BCUT2D eigenvalue weighted by Gasteiger charge is -1.64. The Kier molecular flexibility index (Phi) is 1.65. The minimum atomic E-state index is 0.144. The number of rotatable bonds is 1. The Morgan fingerprint density at radius 1 is 2.00 bits per heavy atom. The molecule has 0 saturated carbocycles. The molecule has 0 aromatic carbocycles. The predicted molar refractivity (Wildman–Crippen MR) is 20.7 cm³/mol. The molecule has 5 heavy (non-hydrogen) atoms. The van der Waals surface area contributed by atoms with E-state index in [0.717, 1.165) is 0 Å². The normalized spacial score (nSPS) is 7.40. The first-order valence-corrected chi connectivity index (χ1v) is 1.56. The maximum Gasteiger partial charge on any atom is 0.173 e.